The quantitative estimate of drug-likeness (QED) is 0.206. The van der Waals surface area contributed by atoms with Crippen LogP contribution < -0.4 is 0 Å². The van der Waals surface area contributed by atoms with Gasteiger partial charge in [-0.05, 0) is 17.3 Å². The topological polar surface area (TPSA) is 167 Å². The first-order valence-corrected chi connectivity index (χ1v) is 6.11. The Labute approximate surface area is 151 Å². The molecular formula is C10H18HgN4O8+2. The first-order chi connectivity index (χ1) is 10.3. The zero-order valence-corrected chi connectivity index (χ0v) is 17.9. The Balaban J connectivity index is -0.000000238. The minimum absolute atomic E-state index is 0. The van der Waals surface area contributed by atoms with Gasteiger partial charge in [-0.2, -0.15) is 0 Å². The molecule has 12 nitrogen and oxygen atoms in total. The molecule has 13 heteroatoms. The standard InChI is InChI=1S/C5H10NO.C5H6NO.Hg.2HNO3/c2*7-6-4-2-1-3-5-6;;2*2-1(3)4/h1-5H2;1-4H,5H2;;2*(H,2,3,4)/q2*+1;;;. The Morgan fingerprint density at radius 1 is 0.913 bits per heavy atom. The average Bonchev–Trinajstić information content (AvgIpc) is 2.40. The third kappa shape index (κ3) is 33.1. The maximum atomic E-state index is 10.4. The molecule has 0 atom stereocenters. The van der Waals surface area contributed by atoms with Gasteiger partial charge in [-0.1, -0.05) is 6.08 Å². The minimum atomic E-state index is -1.50. The summed E-state index contributed by atoms with van der Waals surface area (Å²) < 4.78 is 2.02. The van der Waals surface area contributed by atoms with Crippen LogP contribution in [-0.4, -0.2) is 49.7 Å². The van der Waals surface area contributed by atoms with Crippen LogP contribution in [0.5, 0.6) is 0 Å². The smallest absolute Gasteiger partial charge is 0.291 e. The van der Waals surface area contributed by atoms with Crippen molar-refractivity contribution in [1.82, 2.24) is 0 Å². The van der Waals surface area contributed by atoms with Crippen LogP contribution in [0.1, 0.15) is 19.3 Å². The van der Waals surface area contributed by atoms with Crippen LogP contribution in [0.2, 0.25) is 0 Å². The van der Waals surface area contributed by atoms with Gasteiger partial charge in [0.25, 0.3) is 10.2 Å². The Bertz CT molecular complexity index is 413. The molecule has 2 aliphatic heterocycles. The van der Waals surface area contributed by atoms with Crippen molar-refractivity contribution in [2.75, 3.05) is 19.6 Å². The molecule has 0 amide bonds. The van der Waals surface area contributed by atoms with E-state index in [1.165, 1.54) is 12.6 Å². The van der Waals surface area contributed by atoms with Gasteiger partial charge in [0.2, 0.25) is 12.7 Å². The second-order valence-corrected chi connectivity index (χ2v) is 3.83. The second-order valence-electron chi connectivity index (χ2n) is 3.83. The molecule has 0 aromatic rings. The van der Waals surface area contributed by atoms with Gasteiger partial charge in [-0.25, -0.2) is 0 Å². The summed E-state index contributed by atoms with van der Waals surface area (Å²) in [5.41, 5.74) is 0. The molecular weight excluding hydrogens is 505 g/mol. The van der Waals surface area contributed by atoms with Crippen LogP contribution in [0.3, 0.4) is 0 Å². The van der Waals surface area contributed by atoms with Gasteiger partial charge in [0, 0.05) is 61.2 Å². The largest absolute Gasteiger partial charge is 0.328 e. The molecule has 2 aliphatic rings. The second kappa shape index (κ2) is 18.1. The van der Waals surface area contributed by atoms with Gasteiger partial charge in [0.15, 0.2) is 13.1 Å². The Kier molecular flexibility index (Phi) is 20.4. The predicted molar refractivity (Wildman–Crippen MR) is 71.5 cm³/mol. The van der Waals surface area contributed by atoms with E-state index >= 15 is 0 Å². The number of nitrogens with zero attached hydrogens (tertiary/aromatic N) is 4. The number of rotatable bonds is 0. The summed E-state index contributed by atoms with van der Waals surface area (Å²) in [6.45, 7) is 2.02. The summed E-state index contributed by atoms with van der Waals surface area (Å²) in [6.07, 6.45) is 10.3. The van der Waals surface area contributed by atoms with E-state index in [-0.39, 0.29) is 27.7 Å². The molecule has 1 saturated heterocycles. The van der Waals surface area contributed by atoms with Crippen LogP contribution in [0.15, 0.2) is 24.4 Å². The van der Waals surface area contributed by atoms with E-state index in [1.807, 2.05) is 12.2 Å². The van der Waals surface area contributed by atoms with Gasteiger partial charge in [0.05, 0.1) is 0 Å². The molecule has 1 fully saturated rings. The van der Waals surface area contributed by atoms with Crippen LogP contribution in [0.25, 0.3) is 0 Å². The first-order valence-electron chi connectivity index (χ1n) is 6.11. The molecule has 126 valence electrons. The van der Waals surface area contributed by atoms with E-state index in [4.69, 9.17) is 30.6 Å². The number of allylic oxidation sites excluding steroid dienone is 2. The first kappa shape index (κ1) is 25.9. The van der Waals surface area contributed by atoms with Crippen molar-refractivity contribution in [3.8, 4) is 0 Å². The Hall–Kier alpha value is -1.98. The number of piperidine rings is 1. The number of hydrogen-bond donors (Lipinski definition) is 2. The number of hydrogen-bond acceptors (Lipinski definition) is 6. The monoisotopic (exact) mass is 524 g/mol. The molecule has 0 saturated carbocycles. The maximum Gasteiger partial charge on any atom is 0.291 e. The van der Waals surface area contributed by atoms with Gasteiger partial charge in [0.1, 0.15) is 0 Å². The van der Waals surface area contributed by atoms with Gasteiger partial charge < -0.3 is 10.4 Å². The van der Waals surface area contributed by atoms with E-state index < -0.39 is 10.2 Å². The van der Waals surface area contributed by atoms with Crippen molar-refractivity contribution >= 4 is 0 Å². The molecule has 2 N–H and O–H groups in total. The van der Waals surface area contributed by atoms with Gasteiger partial charge in [-0.15, -0.1) is 20.2 Å². The maximum absolute atomic E-state index is 10.4. The van der Waals surface area contributed by atoms with E-state index in [0.717, 1.165) is 35.5 Å². The summed E-state index contributed by atoms with van der Waals surface area (Å²) in [4.78, 5) is 37.3. The number of nitroso groups, excluding NO2 is 2. The van der Waals surface area contributed by atoms with Crippen molar-refractivity contribution < 1.29 is 57.8 Å². The summed E-state index contributed by atoms with van der Waals surface area (Å²) in [6, 6.07) is 0. The fourth-order valence-corrected chi connectivity index (χ4v) is 1.31. The van der Waals surface area contributed by atoms with E-state index in [9.17, 15) is 9.81 Å². The molecule has 2 heterocycles. The molecule has 0 bridgehead atoms. The van der Waals surface area contributed by atoms with E-state index in [2.05, 4.69) is 0 Å². The Morgan fingerprint density at radius 3 is 1.52 bits per heavy atom. The average molecular weight is 523 g/mol. The molecule has 0 aromatic carbocycles. The van der Waals surface area contributed by atoms with Crippen molar-refractivity contribution in [1.29, 1.82) is 0 Å². The molecule has 0 unspecified atom stereocenters. The molecule has 0 spiro atoms. The summed E-state index contributed by atoms with van der Waals surface area (Å²) in [7, 11) is 0. The van der Waals surface area contributed by atoms with E-state index in [0.29, 0.717) is 6.54 Å². The van der Waals surface area contributed by atoms with Crippen LogP contribution in [0, 0.1) is 30.0 Å². The molecule has 0 aliphatic carbocycles. The van der Waals surface area contributed by atoms with Crippen LogP contribution in [-0.2, 0) is 27.7 Å². The molecule has 2 rings (SSSR count). The summed E-state index contributed by atoms with van der Waals surface area (Å²) in [5.74, 6) is 0. The SMILES string of the molecule is O=[N+]([O-])O.O=[N+]([O-])O.O=[N+]1C=CC=CC1.O=[N+]1CCCCC1.[Hg]. The third-order valence-electron chi connectivity index (χ3n) is 2.10. The minimum Gasteiger partial charge on any atom is -0.328 e. The zero-order chi connectivity index (χ0) is 17.4. The van der Waals surface area contributed by atoms with E-state index in [1.54, 1.807) is 6.08 Å². The van der Waals surface area contributed by atoms with Gasteiger partial charge >= 0.3 is 0 Å². The van der Waals surface area contributed by atoms with Crippen LogP contribution in [0.4, 0.5) is 0 Å². The summed E-state index contributed by atoms with van der Waals surface area (Å²) in [5, 5.41) is 27.3. The fraction of sp³-hybridized carbons (Fsp3) is 0.600. The molecule has 0 radical (unpaired) electrons. The molecule has 0 aromatic heterocycles. The normalized spacial score (nSPS) is 14.4. The molecule has 23 heavy (non-hydrogen) atoms. The third-order valence-corrected chi connectivity index (χ3v) is 2.10. The summed E-state index contributed by atoms with van der Waals surface area (Å²) >= 11 is 0. The van der Waals surface area contributed by atoms with Gasteiger partial charge in [-0.3, -0.25) is 0 Å². The predicted octanol–water partition coefficient (Wildman–Crippen LogP) is 1.10. The van der Waals surface area contributed by atoms with Crippen molar-refractivity contribution in [3.63, 3.8) is 0 Å². The van der Waals surface area contributed by atoms with Crippen molar-refractivity contribution in [2.45, 2.75) is 19.3 Å². The zero-order valence-electron chi connectivity index (χ0n) is 12.4. The Morgan fingerprint density at radius 2 is 1.35 bits per heavy atom. The van der Waals surface area contributed by atoms with Crippen LogP contribution >= 0.6 is 0 Å². The van der Waals surface area contributed by atoms with Crippen molar-refractivity contribution in [3.05, 3.63) is 54.5 Å². The van der Waals surface area contributed by atoms with Crippen molar-refractivity contribution in [2.24, 2.45) is 0 Å². The fourth-order valence-electron chi connectivity index (χ4n) is 1.31.